The lowest BCUT2D eigenvalue weighted by Gasteiger charge is -1.99. The van der Waals surface area contributed by atoms with E-state index in [9.17, 15) is 0 Å². The molecule has 74 valence electrons. The van der Waals surface area contributed by atoms with Crippen LogP contribution in [0.25, 0.3) is 0 Å². The third-order valence-corrected chi connectivity index (χ3v) is 4.24. The first-order valence-electron chi connectivity index (χ1n) is 4.52. The third kappa shape index (κ3) is 1.46. The molecule has 15 heavy (non-hydrogen) atoms. The first-order valence-corrected chi connectivity index (χ1v) is 6.28. The van der Waals surface area contributed by atoms with Crippen molar-refractivity contribution in [3.63, 3.8) is 0 Å². The monoisotopic (exact) mass is 232 g/mol. The summed E-state index contributed by atoms with van der Waals surface area (Å²) in [7, 11) is 0. The van der Waals surface area contributed by atoms with E-state index in [2.05, 4.69) is 16.4 Å². The number of hydrogen-bond donors (Lipinski definition) is 1. The van der Waals surface area contributed by atoms with Crippen LogP contribution in [0.4, 0.5) is 5.69 Å². The van der Waals surface area contributed by atoms with Crippen molar-refractivity contribution < 1.29 is 0 Å². The Morgan fingerprint density at radius 2 is 1.93 bits per heavy atom. The number of amidine groups is 1. The molecular formula is C11H8N2S2. The Bertz CT molecular complexity index is 543. The molecule has 0 saturated carbocycles. The summed E-state index contributed by atoms with van der Waals surface area (Å²) >= 11 is 3.39. The molecule has 0 atom stereocenters. The minimum atomic E-state index is 0.615. The third-order valence-electron chi connectivity index (χ3n) is 2.23. The highest BCUT2D eigenvalue weighted by Crippen LogP contribution is 2.40. The second kappa shape index (κ2) is 3.40. The summed E-state index contributed by atoms with van der Waals surface area (Å²) in [4.78, 5) is 6.80. The molecule has 0 spiro atoms. The maximum absolute atomic E-state index is 5.95. The number of benzene rings is 1. The van der Waals surface area contributed by atoms with Crippen molar-refractivity contribution in [3.8, 4) is 0 Å². The highest BCUT2D eigenvalue weighted by Gasteiger charge is 2.15. The van der Waals surface area contributed by atoms with Gasteiger partial charge in [-0.3, -0.25) is 0 Å². The van der Waals surface area contributed by atoms with Crippen molar-refractivity contribution in [3.05, 3.63) is 40.6 Å². The van der Waals surface area contributed by atoms with Gasteiger partial charge in [-0.2, -0.15) is 11.3 Å². The highest BCUT2D eigenvalue weighted by atomic mass is 32.2. The van der Waals surface area contributed by atoms with Gasteiger partial charge in [0.2, 0.25) is 0 Å². The Labute approximate surface area is 95.8 Å². The molecule has 0 amide bonds. The molecule has 2 N–H and O–H groups in total. The molecule has 0 radical (unpaired) electrons. The minimum Gasteiger partial charge on any atom is -0.383 e. The predicted molar refractivity (Wildman–Crippen MR) is 65.3 cm³/mol. The van der Waals surface area contributed by atoms with E-state index in [1.807, 2.05) is 23.6 Å². The smallest absolute Gasteiger partial charge is 0.133 e. The van der Waals surface area contributed by atoms with Gasteiger partial charge in [-0.05, 0) is 12.1 Å². The number of thiophene rings is 1. The SMILES string of the molecule is NC1=Nc2ccccc2Sc2cscc21. The Kier molecular flexibility index (Phi) is 2.04. The molecule has 0 saturated heterocycles. The van der Waals surface area contributed by atoms with Gasteiger partial charge in [-0.15, -0.1) is 0 Å². The van der Waals surface area contributed by atoms with Crippen molar-refractivity contribution in [1.82, 2.24) is 0 Å². The van der Waals surface area contributed by atoms with Crippen LogP contribution in [0.1, 0.15) is 5.56 Å². The topological polar surface area (TPSA) is 38.4 Å². The molecular weight excluding hydrogens is 224 g/mol. The summed E-state index contributed by atoms with van der Waals surface area (Å²) in [5.74, 6) is 0.615. The number of nitrogens with zero attached hydrogens (tertiary/aromatic N) is 1. The van der Waals surface area contributed by atoms with Crippen molar-refractivity contribution in [1.29, 1.82) is 0 Å². The van der Waals surface area contributed by atoms with Crippen LogP contribution in [0.3, 0.4) is 0 Å². The Morgan fingerprint density at radius 1 is 1.07 bits per heavy atom. The number of hydrogen-bond acceptors (Lipinski definition) is 4. The van der Waals surface area contributed by atoms with Crippen LogP contribution in [0.15, 0.2) is 49.8 Å². The molecule has 1 aliphatic rings. The molecule has 0 bridgehead atoms. The van der Waals surface area contributed by atoms with E-state index in [4.69, 9.17) is 5.73 Å². The molecule has 2 heterocycles. The van der Waals surface area contributed by atoms with Crippen molar-refractivity contribution in [2.45, 2.75) is 9.79 Å². The van der Waals surface area contributed by atoms with E-state index in [0.717, 1.165) is 16.1 Å². The van der Waals surface area contributed by atoms with Crippen LogP contribution in [0.5, 0.6) is 0 Å². The van der Waals surface area contributed by atoms with Gasteiger partial charge < -0.3 is 5.73 Å². The van der Waals surface area contributed by atoms with E-state index in [1.54, 1.807) is 23.1 Å². The van der Waals surface area contributed by atoms with E-state index in [0.29, 0.717) is 5.84 Å². The highest BCUT2D eigenvalue weighted by molar-refractivity contribution is 7.99. The number of fused-ring (bicyclic) bond motifs is 2. The summed E-state index contributed by atoms with van der Waals surface area (Å²) in [6.07, 6.45) is 0. The lowest BCUT2D eigenvalue weighted by molar-refractivity contribution is 1.37. The van der Waals surface area contributed by atoms with E-state index in [-0.39, 0.29) is 0 Å². The fraction of sp³-hybridized carbons (Fsp3) is 0. The van der Waals surface area contributed by atoms with Crippen LogP contribution in [-0.2, 0) is 0 Å². The molecule has 2 nitrogen and oxygen atoms in total. The molecule has 1 aromatic carbocycles. The maximum atomic E-state index is 5.95. The van der Waals surface area contributed by atoms with Gasteiger partial charge in [0.05, 0.1) is 5.69 Å². The molecule has 4 heteroatoms. The van der Waals surface area contributed by atoms with E-state index < -0.39 is 0 Å². The molecule has 0 unspecified atom stereocenters. The summed E-state index contributed by atoms with van der Waals surface area (Å²) in [5.41, 5.74) is 7.97. The minimum absolute atomic E-state index is 0.615. The van der Waals surface area contributed by atoms with Crippen molar-refractivity contribution in [2.24, 2.45) is 10.7 Å². The van der Waals surface area contributed by atoms with Crippen LogP contribution >= 0.6 is 23.1 Å². The largest absolute Gasteiger partial charge is 0.383 e. The second-order valence-corrected chi connectivity index (χ2v) is 5.04. The summed E-state index contributed by atoms with van der Waals surface area (Å²) in [5, 5.41) is 4.16. The van der Waals surface area contributed by atoms with Gasteiger partial charge in [-0.25, -0.2) is 4.99 Å². The van der Waals surface area contributed by atoms with E-state index in [1.165, 1.54) is 4.90 Å². The molecule has 1 aliphatic heterocycles. The molecule has 0 aliphatic carbocycles. The van der Waals surface area contributed by atoms with Crippen molar-refractivity contribution in [2.75, 3.05) is 0 Å². The fourth-order valence-electron chi connectivity index (χ4n) is 1.50. The summed E-state index contributed by atoms with van der Waals surface area (Å²) in [6, 6.07) is 8.07. The first-order chi connectivity index (χ1) is 7.34. The number of nitrogens with two attached hydrogens (primary N) is 1. The molecule has 3 rings (SSSR count). The summed E-state index contributed by atoms with van der Waals surface area (Å²) < 4.78 is 0. The zero-order valence-electron chi connectivity index (χ0n) is 7.81. The van der Waals surface area contributed by atoms with Gasteiger partial charge in [0, 0.05) is 26.1 Å². The zero-order chi connectivity index (χ0) is 10.3. The van der Waals surface area contributed by atoms with Crippen molar-refractivity contribution >= 4 is 34.6 Å². The van der Waals surface area contributed by atoms with Crippen LogP contribution in [-0.4, -0.2) is 5.84 Å². The number of rotatable bonds is 0. The number of aliphatic imine (C=N–C) groups is 1. The Balaban J connectivity index is 2.25. The van der Waals surface area contributed by atoms with Gasteiger partial charge in [0.1, 0.15) is 5.84 Å². The zero-order valence-corrected chi connectivity index (χ0v) is 9.44. The second-order valence-electron chi connectivity index (χ2n) is 3.22. The lowest BCUT2D eigenvalue weighted by atomic mass is 10.3. The Morgan fingerprint density at radius 3 is 2.87 bits per heavy atom. The fourth-order valence-corrected chi connectivity index (χ4v) is 3.51. The van der Waals surface area contributed by atoms with Crippen LogP contribution in [0.2, 0.25) is 0 Å². The first kappa shape index (κ1) is 9.00. The Hall–Kier alpha value is -1.26. The van der Waals surface area contributed by atoms with Gasteiger partial charge >= 0.3 is 0 Å². The molecule has 1 aromatic heterocycles. The predicted octanol–water partition coefficient (Wildman–Crippen LogP) is 3.25. The maximum Gasteiger partial charge on any atom is 0.133 e. The van der Waals surface area contributed by atoms with Gasteiger partial charge in [-0.1, -0.05) is 23.9 Å². The standard InChI is InChI=1S/C11H8N2S2/c12-11-7-5-14-6-10(7)15-9-4-2-1-3-8(9)13-11/h1-6H,(H2,12,13). The molecule has 2 aromatic rings. The average Bonchev–Trinajstić information content (AvgIpc) is 2.64. The lowest BCUT2D eigenvalue weighted by Crippen LogP contribution is -2.11. The quantitative estimate of drug-likeness (QED) is 0.757. The normalized spacial score (nSPS) is 13.7. The van der Waals surface area contributed by atoms with Crippen LogP contribution < -0.4 is 5.73 Å². The van der Waals surface area contributed by atoms with Crippen LogP contribution in [0, 0.1) is 0 Å². The summed E-state index contributed by atoms with van der Waals surface area (Å²) in [6.45, 7) is 0. The average molecular weight is 232 g/mol. The van der Waals surface area contributed by atoms with Gasteiger partial charge in [0.25, 0.3) is 0 Å². The van der Waals surface area contributed by atoms with E-state index >= 15 is 0 Å². The van der Waals surface area contributed by atoms with Gasteiger partial charge in [0.15, 0.2) is 0 Å². The molecule has 0 fully saturated rings. The number of para-hydroxylation sites is 1.